The van der Waals surface area contributed by atoms with Crippen molar-refractivity contribution in [2.24, 2.45) is 0 Å². The van der Waals surface area contributed by atoms with Gasteiger partial charge in [-0.3, -0.25) is 0 Å². The van der Waals surface area contributed by atoms with Crippen molar-refractivity contribution in [1.29, 1.82) is 0 Å². The number of nitrogens with zero attached hydrogens (tertiary/aromatic N) is 2. The third-order valence-corrected chi connectivity index (χ3v) is 2.56. The van der Waals surface area contributed by atoms with E-state index in [1.807, 2.05) is 12.1 Å². The van der Waals surface area contributed by atoms with Gasteiger partial charge in [0.15, 0.2) is 5.89 Å². The second-order valence-corrected chi connectivity index (χ2v) is 4.90. The molecule has 0 spiro atoms. The van der Waals surface area contributed by atoms with Crippen LogP contribution in [0.2, 0.25) is 0 Å². The summed E-state index contributed by atoms with van der Waals surface area (Å²) in [7, 11) is 0. The standard InChI is InChI=1S/C13H14N2O/c1-8-15-11-10(14-5)7-6-9(12(11)16-8)13(2,3)4/h6-7H,1-4H3. The van der Waals surface area contributed by atoms with E-state index >= 15 is 0 Å². The van der Waals surface area contributed by atoms with Gasteiger partial charge in [0.1, 0.15) is 11.1 Å². The minimum Gasteiger partial charge on any atom is -0.442 e. The summed E-state index contributed by atoms with van der Waals surface area (Å²) in [6.45, 7) is 15.3. The normalized spacial score (nSPS) is 11.7. The maximum Gasteiger partial charge on any atom is 0.216 e. The van der Waals surface area contributed by atoms with Gasteiger partial charge < -0.3 is 4.42 Å². The van der Waals surface area contributed by atoms with E-state index in [1.54, 1.807) is 6.92 Å². The highest BCUT2D eigenvalue weighted by molar-refractivity contribution is 5.90. The Hall–Kier alpha value is -1.82. The molecule has 0 fully saturated rings. The van der Waals surface area contributed by atoms with Crippen molar-refractivity contribution >= 4 is 16.8 Å². The molecular weight excluding hydrogens is 200 g/mol. The van der Waals surface area contributed by atoms with E-state index in [-0.39, 0.29) is 5.41 Å². The topological polar surface area (TPSA) is 30.4 Å². The summed E-state index contributed by atoms with van der Waals surface area (Å²) in [6, 6.07) is 3.78. The van der Waals surface area contributed by atoms with Crippen LogP contribution in [0.5, 0.6) is 0 Å². The quantitative estimate of drug-likeness (QED) is 0.621. The zero-order valence-corrected chi connectivity index (χ0v) is 9.96. The van der Waals surface area contributed by atoms with E-state index in [2.05, 4.69) is 30.6 Å². The van der Waals surface area contributed by atoms with Crippen LogP contribution in [0, 0.1) is 13.5 Å². The first kappa shape index (κ1) is 10.7. The van der Waals surface area contributed by atoms with Gasteiger partial charge in [0, 0.05) is 6.92 Å². The SMILES string of the molecule is [C-]#[N+]c1ccc(C(C)(C)C)c2oc(C)nc12. The first-order chi connectivity index (χ1) is 7.43. The van der Waals surface area contributed by atoms with Crippen molar-refractivity contribution in [3.05, 3.63) is 35.0 Å². The zero-order valence-electron chi connectivity index (χ0n) is 9.96. The predicted octanol–water partition coefficient (Wildman–Crippen LogP) is 3.98. The number of oxazole rings is 1. The number of hydrogen-bond acceptors (Lipinski definition) is 2. The summed E-state index contributed by atoms with van der Waals surface area (Å²) < 4.78 is 5.61. The van der Waals surface area contributed by atoms with E-state index < -0.39 is 0 Å². The number of hydrogen-bond donors (Lipinski definition) is 0. The number of benzene rings is 1. The Bertz CT molecular complexity index is 582. The second-order valence-electron chi connectivity index (χ2n) is 4.90. The van der Waals surface area contributed by atoms with E-state index in [1.165, 1.54) is 0 Å². The molecule has 0 saturated heterocycles. The van der Waals surface area contributed by atoms with Crippen molar-refractivity contribution < 1.29 is 4.42 Å². The fourth-order valence-electron chi connectivity index (χ4n) is 1.78. The van der Waals surface area contributed by atoms with Gasteiger partial charge in [-0.05, 0) is 11.0 Å². The van der Waals surface area contributed by atoms with Gasteiger partial charge in [0.2, 0.25) is 5.69 Å². The van der Waals surface area contributed by atoms with Crippen molar-refractivity contribution in [2.75, 3.05) is 0 Å². The van der Waals surface area contributed by atoms with Gasteiger partial charge in [-0.15, -0.1) is 0 Å². The smallest absolute Gasteiger partial charge is 0.216 e. The van der Waals surface area contributed by atoms with E-state index in [0.29, 0.717) is 17.1 Å². The average Bonchev–Trinajstić information content (AvgIpc) is 2.55. The molecule has 16 heavy (non-hydrogen) atoms. The van der Waals surface area contributed by atoms with Crippen molar-refractivity contribution in [1.82, 2.24) is 4.98 Å². The maximum absolute atomic E-state index is 7.10. The van der Waals surface area contributed by atoms with Gasteiger partial charge in [0.25, 0.3) is 0 Å². The van der Waals surface area contributed by atoms with Crippen LogP contribution in [0.15, 0.2) is 16.5 Å². The molecule has 0 saturated carbocycles. The van der Waals surface area contributed by atoms with Crippen LogP contribution in [0.25, 0.3) is 15.9 Å². The summed E-state index contributed by atoms with van der Waals surface area (Å²) in [4.78, 5) is 7.74. The molecule has 0 aliphatic rings. The van der Waals surface area contributed by atoms with Crippen LogP contribution in [0.4, 0.5) is 5.69 Å². The van der Waals surface area contributed by atoms with Crippen LogP contribution in [-0.2, 0) is 5.41 Å². The molecule has 0 aliphatic heterocycles. The Morgan fingerprint density at radius 1 is 1.31 bits per heavy atom. The van der Waals surface area contributed by atoms with Gasteiger partial charge in [-0.1, -0.05) is 32.9 Å². The molecule has 3 heteroatoms. The first-order valence-electron chi connectivity index (χ1n) is 5.21. The van der Waals surface area contributed by atoms with Crippen LogP contribution in [0.1, 0.15) is 32.2 Å². The molecule has 2 rings (SSSR count). The minimum atomic E-state index is -0.00915. The third kappa shape index (κ3) is 1.57. The maximum atomic E-state index is 7.10. The van der Waals surface area contributed by atoms with E-state index in [4.69, 9.17) is 11.0 Å². The lowest BCUT2D eigenvalue weighted by molar-refractivity contribution is 0.533. The summed E-state index contributed by atoms with van der Waals surface area (Å²) in [5.41, 5.74) is 3.07. The van der Waals surface area contributed by atoms with Gasteiger partial charge in [0.05, 0.1) is 6.57 Å². The summed E-state index contributed by atoms with van der Waals surface area (Å²) in [5.74, 6) is 0.608. The van der Waals surface area contributed by atoms with Crippen molar-refractivity contribution in [3.63, 3.8) is 0 Å². The largest absolute Gasteiger partial charge is 0.442 e. The van der Waals surface area contributed by atoms with Crippen LogP contribution >= 0.6 is 0 Å². The lowest BCUT2D eigenvalue weighted by Gasteiger charge is -2.18. The molecule has 0 radical (unpaired) electrons. The number of aryl methyl sites for hydroxylation is 1. The monoisotopic (exact) mass is 214 g/mol. The van der Waals surface area contributed by atoms with E-state index in [9.17, 15) is 0 Å². The zero-order chi connectivity index (χ0) is 11.9. The van der Waals surface area contributed by atoms with Crippen molar-refractivity contribution in [3.8, 4) is 0 Å². The van der Waals surface area contributed by atoms with E-state index in [0.717, 1.165) is 11.1 Å². The Balaban J connectivity index is 2.86. The van der Waals surface area contributed by atoms with Crippen LogP contribution < -0.4 is 0 Å². The molecule has 0 N–H and O–H groups in total. The highest BCUT2D eigenvalue weighted by atomic mass is 16.3. The van der Waals surface area contributed by atoms with Gasteiger partial charge in [-0.2, -0.15) is 0 Å². The highest BCUT2D eigenvalue weighted by Gasteiger charge is 2.21. The molecule has 0 unspecified atom stereocenters. The molecule has 0 atom stereocenters. The van der Waals surface area contributed by atoms with Crippen LogP contribution in [-0.4, -0.2) is 4.98 Å². The average molecular weight is 214 g/mol. The fraction of sp³-hybridized carbons (Fsp3) is 0.385. The summed E-state index contributed by atoms with van der Waals surface area (Å²) in [6.07, 6.45) is 0. The fourth-order valence-corrected chi connectivity index (χ4v) is 1.78. The molecule has 0 bridgehead atoms. The summed E-state index contributed by atoms with van der Waals surface area (Å²) >= 11 is 0. The number of aromatic nitrogens is 1. The molecule has 1 aromatic heterocycles. The first-order valence-corrected chi connectivity index (χ1v) is 5.21. The number of rotatable bonds is 0. The molecule has 1 aromatic carbocycles. The Morgan fingerprint density at radius 3 is 2.56 bits per heavy atom. The molecule has 82 valence electrons. The molecule has 0 aliphatic carbocycles. The third-order valence-electron chi connectivity index (χ3n) is 2.56. The molecule has 2 aromatic rings. The Labute approximate surface area is 94.9 Å². The predicted molar refractivity (Wildman–Crippen MR) is 63.7 cm³/mol. The van der Waals surface area contributed by atoms with Crippen molar-refractivity contribution in [2.45, 2.75) is 33.1 Å². The second kappa shape index (κ2) is 3.34. The number of fused-ring (bicyclic) bond motifs is 1. The van der Waals surface area contributed by atoms with Gasteiger partial charge in [-0.25, -0.2) is 9.83 Å². The Kier molecular flexibility index (Phi) is 2.23. The lowest BCUT2D eigenvalue weighted by Crippen LogP contribution is -2.11. The van der Waals surface area contributed by atoms with Gasteiger partial charge >= 0.3 is 0 Å². The minimum absolute atomic E-state index is 0.00915. The Morgan fingerprint density at radius 2 is 2.00 bits per heavy atom. The highest BCUT2D eigenvalue weighted by Crippen LogP contribution is 2.35. The summed E-state index contributed by atoms with van der Waals surface area (Å²) in [5, 5.41) is 0. The molecular formula is C13H14N2O. The molecule has 1 heterocycles. The van der Waals surface area contributed by atoms with Crippen LogP contribution in [0.3, 0.4) is 0 Å². The lowest BCUT2D eigenvalue weighted by atomic mass is 9.86. The molecule has 0 amide bonds. The molecule has 3 nitrogen and oxygen atoms in total.